The maximum atomic E-state index is 12.1. The van der Waals surface area contributed by atoms with E-state index in [0.717, 1.165) is 67.8 Å². The highest BCUT2D eigenvalue weighted by Crippen LogP contribution is 2.38. The molecule has 0 bridgehead atoms. The Morgan fingerprint density at radius 2 is 1.72 bits per heavy atom. The van der Waals surface area contributed by atoms with Gasteiger partial charge in [0.15, 0.2) is 0 Å². The van der Waals surface area contributed by atoms with E-state index in [0.29, 0.717) is 0 Å². The molecule has 2 aromatic rings. The predicted molar refractivity (Wildman–Crippen MR) is 120 cm³/mol. The number of likely N-dealkylation sites (N-methyl/N-ethyl adjacent to an activating group) is 1. The van der Waals surface area contributed by atoms with Gasteiger partial charge in [0, 0.05) is 55.0 Å². The first-order valence-electron chi connectivity index (χ1n) is 10.2. The molecule has 5 nitrogen and oxygen atoms in total. The van der Waals surface area contributed by atoms with Crippen LogP contribution >= 0.6 is 15.9 Å². The first-order valence-corrected chi connectivity index (χ1v) is 11.0. The van der Waals surface area contributed by atoms with E-state index in [4.69, 9.17) is 4.74 Å². The van der Waals surface area contributed by atoms with Gasteiger partial charge in [-0.25, -0.2) is 0 Å². The van der Waals surface area contributed by atoms with E-state index >= 15 is 0 Å². The average Bonchev–Trinajstić information content (AvgIpc) is 2.75. The number of ether oxygens (including phenoxy) is 1. The number of nitrogens with zero attached hydrogens (tertiary/aromatic N) is 3. The number of carbonyl (C=O) groups is 1. The summed E-state index contributed by atoms with van der Waals surface area (Å²) < 4.78 is 6.70. The van der Waals surface area contributed by atoms with Crippen molar-refractivity contribution in [1.82, 2.24) is 9.80 Å². The molecule has 0 unspecified atom stereocenters. The molecule has 6 heteroatoms. The van der Waals surface area contributed by atoms with E-state index in [1.54, 1.807) is 7.11 Å². The molecule has 0 saturated carbocycles. The summed E-state index contributed by atoms with van der Waals surface area (Å²) in [7, 11) is 3.92. The molecular formula is C23H28BrN3O2. The zero-order chi connectivity index (χ0) is 20.4. The Morgan fingerprint density at radius 1 is 1.00 bits per heavy atom. The minimum absolute atomic E-state index is 0.234. The van der Waals surface area contributed by atoms with Crippen LogP contribution in [0.4, 0.5) is 5.69 Å². The standard InChI is InChI=1S/C23H28BrN3O2/c1-25-11-13-26(14-12-25)21-7-8-23(29-2)19-9-10-27(15-20(19)21)22(16-28)17-3-5-18(24)6-4-17/h3-8,16,22H,9-15H2,1-2H3/t22-/m1/s1. The number of halogens is 1. The Hall–Kier alpha value is -1.89. The third-order valence-electron chi connectivity index (χ3n) is 6.17. The minimum Gasteiger partial charge on any atom is -0.496 e. The number of piperazine rings is 1. The maximum absolute atomic E-state index is 12.1. The van der Waals surface area contributed by atoms with Gasteiger partial charge in [-0.3, -0.25) is 4.90 Å². The first-order chi connectivity index (χ1) is 14.1. The second-order valence-corrected chi connectivity index (χ2v) is 8.80. The van der Waals surface area contributed by atoms with Crippen molar-refractivity contribution in [2.75, 3.05) is 51.8 Å². The lowest BCUT2D eigenvalue weighted by Crippen LogP contribution is -2.45. The number of benzene rings is 2. The number of hydrogen-bond donors (Lipinski definition) is 0. The highest BCUT2D eigenvalue weighted by molar-refractivity contribution is 9.10. The van der Waals surface area contributed by atoms with Crippen LogP contribution in [0.15, 0.2) is 40.9 Å². The van der Waals surface area contributed by atoms with E-state index in [1.807, 2.05) is 24.3 Å². The second-order valence-electron chi connectivity index (χ2n) is 7.89. The number of hydrogen-bond acceptors (Lipinski definition) is 5. The van der Waals surface area contributed by atoms with Crippen molar-refractivity contribution in [3.63, 3.8) is 0 Å². The molecule has 0 radical (unpaired) electrons. The molecule has 2 aromatic carbocycles. The van der Waals surface area contributed by atoms with Gasteiger partial charge >= 0.3 is 0 Å². The van der Waals surface area contributed by atoms with Gasteiger partial charge in [0.25, 0.3) is 0 Å². The molecular weight excluding hydrogens is 430 g/mol. The lowest BCUT2D eigenvalue weighted by atomic mass is 9.93. The predicted octanol–water partition coefficient (Wildman–Crippen LogP) is 3.51. The average molecular weight is 458 g/mol. The topological polar surface area (TPSA) is 36.0 Å². The fourth-order valence-electron chi connectivity index (χ4n) is 4.45. The monoisotopic (exact) mass is 457 g/mol. The molecule has 2 heterocycles. The van der Waals surface area contributed by atoms with E-state index in [2.05, 4.69) is 49.8 Å². The molecule has 2 aliphatic heterocycles. The number of carbonyl (C=O) groups excluding carboxylic acids is 1. The lowest BCUT2D eigenvalue weighted by molar-refractivity contribution is -0.113. The zero-order valence-electron chi connectivity index (χ0n) is 17.1. The highest BCUT2D eigenvalue weighted by Gasteiger charge is 2.29. The third kappa shape index (κ3) is 4.20. The van der Waals surface area contributed by atoms with Crippen LogP contribution in [-0.2, 0) is 17.8 Å². The molecule has 1 fully saturated rings. The van der Waals surface area contributed by atoms with Crippen LogP contribution in [0.25, 0.3) is 0 Å². The molecule has 0 N–H and O–H groups in total. The summed E-state index contributed by atoms with van der Waals surface area (Å²) in [6.07, 6.45) is 1.96. The quantitative estimate of drug-likeness (QED) is 0.641. The number of anilines is 1. The van der Waals surface area contributed by atoms with Crippen molar-refractivity contribution in [1.29, 1.82) is 0 Å². The number of rotatable bonds is 5. The van der Waals surface area contributed by atoms with Crippen LogP contribution in [0.1, 0.15) is 22.7 Å². The number of fused-ring (bicyclic) bond motifs is 1. The molecule has 29 heavy (non-hydrogen) atoms. The Bertz CT molecular complexity index is 863. The van der Waals surface area contributed by atoms with E-state index in [1.165, 1.54) is 16.8 Å². The summed E-state index contributed by atoms with van der Waals surface area (Å²) in [4.78, 5) is 19.2. The zero-order valence-corrected chi connectivity index (χ0v) is 18.7. The summed E-state index contributed by atoms with van der Waals surface area (Å²) >= 11 is 3.48. The van der Waals surface area contributed by atoms with Gasteiger partial charge in [-0.15, -0.1) is 0 Å². The van der Waals surface area contributed by atoms with Crippen molar-refractivity contribution >= 4 is 27.9 Å². The van der Waals surface area contributed by atoms with Gasteiger partial charge in [-0.2, -0.15) is 0 Å². The fraction of sp³-hybridized carbons (Fsp3) is 0.435. The molecule has 154 valence electrons. The minimum atomic E-state index is -0.234. The maximum Gasteiger partial charge on any atom is 0.141 e. The second kappa shape index (κ2) is 8.86. The molecule has 0 amide bonds. The van der Waals surface area contributed by atoms with Crippen LogP contribution in [0.2, 0.25) is 0 Å². The van der Waals surface area contributed by atoms with E-state index in [9.17, 15) is 4.79 Å². The van der Waals surface area contributed by atoms with E-state index in [-0.39, 0.29) is 6.04 Å². The van der Waals surface area contributed by atoms with Gasteiger partial charge in [0.05, 0.1) is 13.2 Å². The van der Waals surface area contributed by atoms with Crippen LogP contribution in [-0.4, -0.2) is 63.0 Å². The summed E-state index contributed by atoms with van der Waals surface area (Å²) in [6.45, 7) is 5.79. The summed E-state index contributed by atoms with van der Waals surface area (Å²) in [6, 6.07) is 12.1. The van der Waals surface area contributed by atoms with E-state index < -0.39 is 0 Å². The van der Waals surface area contributed by atoms with Crippen molar-refractivity contribution in [2.45, 2.75) is 19.0 Å². The van der Waals surface area contributed by atoms with Crippen LogP contribution in [0.3, 0.4) is 0 Å². The van der Waals surface area contributed by atoms with Crippen LogP contribution < -0.4 is 9.64 Å². The van der Waals surface area contributed by atoms with Crippen molar-refractivity contribution in [3.05, 3.63) is 57.6 Å². The van der Waals surface area contributed by atoms with Crippen LogP contribution in [0.5, 0.6) is 5.75 Å². The fourth-order valence-corrected chi connectivity index (χ4v) is 4.72. The van der Waals surface area contributed by atoms with Gasteiger partial charge in [-0.05, 0) is 48.9 Å². The first kappa shape index (κ1) is 20.4. The summed E-state index contributed by atoms with van der Waals surface area (Å²) in [5.74, 6) is 0.962. The Morgan fingerprint density at radius 3 is 2.38 bits per heavy atom. The number of methoxy groups -OCH3 is 1. The SMILES string of the molecule is COc1ccc(N2CCN(C)CC2)c2c1CCN([C@H](C=O)c1ccc(Br)cc1)C2. The normalized spacial score (nSPS) is 18.9. The Kier molecular flexibility index (Phi) is 6.23. The molecule has 0 aromatic heterocycles. The third-order valence-corrected chi connectivity index (χ3v) is 6.70. The number of aldehydes is 1. The lowest BCUT2D eigenvalue weighted by Gasteiger charge is -2.39. The Labute approximate surface area is 181 Å². The summed E-state index contributed by atoms with van der Waals surface area (Å²) in [5.41, 5.74) is 4.93. The van der Waals surface area contributed by atoms with Gasteiger partial charge in [0.2, 0.25) is 0 Å². The van der Waals surface area contributed by atoms with Gasteiger partial charge in [-0.1, -0.05) is 28.1 Å². The summed E-state index contributed by atoms with van der Waals surface area (Å²) in [5, 5.41) is 0. The highest BCUT2D eigenvalue weighted by atomic mass is 79.9. The van der Waals surface area contributed by atoms with Crippen molar-refractivity contribution in [2.24, 2.45) is 0 Å². The molecule has 1 saturated heterocycles. The van der Waals surface area contributed by atoms with Crippen molar-refractivity contribution < 1.29 is 9.53 Å². The van der Waals surface area contributed by atoms with Gasteiger partial charge in [0.1, 0.15) is 12.0 Å². The molecule has 2 aliphatic rings. The smallest absolute Gasteiger partial charge is 0.141 e. The van der Waals surface area contributed by atoms with Crippen LogP contribution in [0, 0.1) is 0 Å². The molecule has 4 rings (SSSR count). The molecule has 0 aliphatic carbocycles. The van der Waals surface area contributed by atoms with Crippen molar-refractivity contribution in [3.8, 4) is 5.75 Å². The molecule has 0 spiro atoms. The van der Waals surface area contributed by atoms with Gasteiger partial charge < -0.3 is 19.3 Å². The largest absolute Gasteiger partial charge is 0.496 e. The molecule has 1 atom stereocenters. The Balaban J connectivity index is 1.66.